The number of hydrogen-bond donors (Lipinski definition) is 1. The number of fused-ring (bicyclic) bond motifs is 1. The van der Waals surface area contributed by atoms with Crippen LogP contribution in [0.3, 0.4) is 0 Å². The van der Waals surface area contributed by atoms with Crippen molar-refractivity contribution >= 4 is 10.9 Å². The van der Waals surface area contributed by atoms with E-state index in [9.17, 15) is 5.11 Å². The van der Waals surface area contributed by atoms with Crippen molar-refractivity contribution < 1.29 is 14.6 Å². The molecule has 4 rings (SSSR count). The molecular formula is C17H16N6O3. The fourth-order valence-electron chi connectivity index (χ4n) is 2.73. The highest BCUT2D eigenvalue weighted by atomic mass is 16.5. The van der Waals surface area contributed by atoms with Crippen LogP contribution in [0.15, 0.2) is 36.8 Å². The van der Waals surface area contributed by atoms with Crippen LogP contribution in [0, 0.1) is 0 Å². The van der Waals surface area contributed by atoms with Gasteiger partial charge in [-0.1, -0.05) is 0 Å². The molecule has 9 heteroatoms. The summed E-state index contributed by atoms with van der Waals surface area (Å²) in [6.07, 6.45) is 4.94. The van der Waals surface area contributed by atoms with E-state index in [0.29, 0.717) is 34.0 Å². The summed E-state index contributed by atoms with van der Waals surface area (Å²) in [6.45, 7) is 0. The Hall–Kier alpha value is -3.62. The summed E-state index contributed by atoms with van der Waals surface area (Å²) >= 11 is 0. The molecule has 0 bridgehead atoms. The van der Waals surface area contributed by atoms with Gasteiger partial charge in [-0.05, 0) is 18.2 Å². The van der Waals surface area contributed by atoms with Crippen LogP contribution in [0.5, 0.6) is 17.5 Å². The SMILES string of the molecule is COc1cc(-c2ccc3c(O)n(-c4cnn(C)n4)cc3n2)cnc1OC. The lowest BCUT2D eigenvalue weighted by atomic mass is 10.1. The van der Waals surface area contributed by atoms with E-state index in [1.807, 2.05) is 6.07 Å². The van der Waals surface area contributed by atoms with Crippen molar-refractivity contribution in [3.05, 3.63) is 36.8 Å². The molecule has 26 heavy (non-hydrogen) atoms. The molecule has 0 radical (unpaired) electrons. The van der Waals surface area contributed by atoms with E-state index in [-0.39, 0.29) is 5.88 Å². The molecule has 4 aromatic rings. The van der Waals surface area contributed by atoms with Crippen LogP contribution < -0.4 is 9.47 Å². The van der Waals surface area contributed by atoms with Crippen molar-refractivity contribution in [2.75, 3.05) is 14.2 Å². The van der Waals surface area contributed by atoms with Crippen molar-refractivity contribution in [2.24, 2.45) is 7.05 Å². The largest absolute Gasteiger partial charge is 0.494 e. The highest BCUT2D eigenvalue weighted by Crippen LogP contribution is 2.33. The second-order valence-corrected chi connectivity index (χ2v) is 5.58. The zero-order chi connectivity index (χ0) is 18.3. The van der Waals surface area contributed by atoms with Gasteiger partial charge in [0, 0.05) is 25.0 Å². The van der Waals surface area contributed by atoms with E-state index >= 15 is 0 Å². The Morgan fingerprint density at radius 1 is 1.12 bits per heavy atom. The van der Waals surface area contributed by atoms with Crippen LogP contribution in [0.2, 0.25) is 0 Å². The first-order valence-electron chi connectivity index (χ1n) is 7.77. The lowest BCUT2D eigenvalue weighted by Gasteiger charge is -2.08. The molecular weight excluding hydrogens is 336 g/mol. The summed E-state index contributed by atoms with van der Waals surface area (Å²) in [5.41, 5.74) is 2.10. The Morgan fingerprint density at radius 2 is 1.96 bits per heavy atom. The van der Waals surface area contributed by atoms with E-state index < -0.39 is 0 Å². The number of ether oxygens (including phenoxy) is 2. The van der Waals surface area contributed by atoms with Gasteiger partial charge in [0.15, 0.2) is 11.6 Å². The topological polar surface area (TPSA) is 100 Å². The molecule has 9 nitrogen and oxygen atoms in total. The highest BCUT2D eigenvalue weighted by Gasteiger charge is 2.15. The Kier molecular flexibility index (Phi) is 3.68. The fourth-order valence-corrected chi connectivity index (χ4v) is 2.73. The van der Waals surface area contributed by atoms with Crippen molar-refractivity contribution in [3.63, 3.8) is 0 Å². The van der Waals surface area contributed by atoms with Gasteiger partial charge in [0.25, 0.3) is 5.88 Å². The maximum absolute atomic E-state index is 10.5. The molecule has 0 atom stereocenters. The Bertz CT molecular complexity index is 1100. The molecule has 0 saturated carbocycles. The van der Waals surface area contributed by atoms with Crippen molar-refractivity contribution in [1.29, 1.82) is 0 Å². The molecule has 0 aliphatic heterocycles. The van der Waals surface area contributed by atoms with Gasteiger partial charge in [-0.25, -0.2) is 9.97 Å². The average Bonchev–Trinajstić information content (AvgIpc) is 3.24. The molecule has 0 spiro atoms. The summed E-state index contributed by atoms with van der Waals surface area (Å²) in [5, 5.41) is 19.3. The fraction of sp³-hybridized carbons (Fsp3) is 0.176. The van der Waals surface area contributed by atoms with Crippen molar-refractivity contribution in [3.8, 4) is 34.6 Å². The van der Waals surface area contributed by atoms with Gasteiger partial charge in [0.05, 0.1) is 37.0 Å². The molecule has 0 fully saturated rings. The first-order chi connectivity index (χ1) is 12.6. The van der Waals surface area contributed by atoms with Gasteiger partial charge >= 0.3 is 0 Å². The van der Waals surface area contributed by atoms with Gasteiger partial charge in [0.1, 0.15) is 0 Å². The summed E-state index contributed by atoms with van der Waals surface area (Å²) < 4.78 is 12.0. The number of aromatic nitrogens is 6. The molecule has 0 unspecified atom stereocenters. The molecule has 0 amide bonds. The molecule has 0 aliphatic carbocycles. The van der Waals surface area contributed by atoms with Gasteiger partial charge in [-0.15, -0.1) is 5.10 Å². The summed E-state index contributed by atoms with van der Waals surface area (Å²) in [5.74, 6) is 1.50. The van der Waals surface area contributed by atoms with Crippen molar-refractivity contribution in [2.45, 2.75) is 0 Å². The molecule has 0 aliphatic rings. The van der Waals surface area contributed by atoms with E-state index in [2.05, 4.69) is 20.2 Å². The van der Waals surface area contributed by atoms with Gasteiger partial charge in [0.2, 0.25) is 5.88 Å². The summed E-state index contributed by atoms with van der Waals surface area (Å²) in [6, 6.07) is 5.42. The number of pyridine rings is 2. The number of hydrogen-bond acceptors (Lipinski definition) is 7. The predicted molar refractivity (Wildman–Crippen MR) is 93.6 cm³/mol. The van der Waals surface area contributed by atoms with Crippen LogP contribution in [0.25, 0.3) is 28.0 Å². The number of nitrogens with zero attached hydrogens (tertiary/aromatic N) is 6. The second kappa shape index (κ2) is 6.03. The van der Waals surface area contributed by atoms with E-state index in [1.54, 1.807) is 49.4 Å². The lowest BCUT2D eigenvalue weighted by molar-refractivity contribution is 0.343. The molecule has 1 N–H and O–H groups in total. The standard InChI is InChI=1S/C17H16N6O3/c1-22-19-8-15(21-22)23-9-13-11(17(23)24)4-5-12(20-13)10-6-14(25-2)16(26-3)18-7-10/h4-9,24H,1-3H3. The molecule has 4 aromatic heterocycles. The minimum absolute atomic E-state index is 0.0602. The Morgan fingerprint density at radius 3 is 2.65 bits per heavy atom. The molecule has 4 heterocycles. The minimum atomic E-state index is 0.0602. The Labute approximate surface area is 148 Å². The number of aryl methyl sites for hydroxylation is 1. The van der Waals surface area contributed by atoms with Crippen LogP contribution in [0.4, 0.5) is 0 Å². The zero-order valence-corrected chi connectivity index (χ0v) is 14.4. The predicted octanol–water partition coefficient (Wildman–Crippen LogP) is 1.94. The normalized spacial score (nSPS) is 11.0. The van der Waals surface area contributed by atoms with E-state index in [4.69, 9.17) is 9.47 Å². The summed E-state index contributed by atoms with van der Waals surface area (Å²) in [7, 11) is 4.80. The first-order valence-corrected chi connectivity index (χ1v) is 7.77. The molecule has 132 valence electrons. The third kappa shape index (κ3) is 2.50. The smallest absolute Gasteiger partial charge is 0.256 e. The summed E-state index contributed by atoms with van der Waals surface area (Å²) in [4.78, 5) is 10.3. The minimum Gasteiger partial charge on any atom is -0.494 e. The zero-order valence-electron chi connectivity index (χ0n) is 14.4. The maximum Gasteiger partial charge on any atom is 0.256 e. The maximum atomic E-state index is 10.5. The lowest BCUT2D eigenvalue weighted by Crippen LogP contribution is -1.95. The number of methoxy groups -OCH3 is 2. The van der Waals surface area contributed by atoms with Crippen LogP contribution in [-0.4, -0.2) is 48.9 Å². The van der Waals surface area contributed by atoms with E-state index in [0.717, 1.165) is 5.56 Å². The van der Waals surface area contributed by atoms with Crippen LogP contribution in [-0.2, 0) is 7.05 Å². The second-order valence-electron chi connectivity index (χ2n) is 5.58. The van der Waals surface area contributed by atoms with Crippen LogP contribution >= 0.6 is 0 Å². The number of rotatable bonds is 4. The Balaban J connectivity index is 1.81. The van der Waals surface area contributed by atoms with Gasteiger partial charge in [-0.2, -0.15) is 9.90 Å². The van der Waals surface area contributed by atoms with Gasteiger partial charge < -0.3 is 14.6 Å². The van der Waals surface area contributed by atoms with E-state index in [1.165, 1.54) is 11.9 Å². The average molecular weight is 352 g/mol. The third-order valence-electron chi connectivity index (χ3n) is 4.01. The molecule has 0 saturated heterocycles. The molecule has 0 aromatic carbocycles. The quantitative estimate of drug-likeness (QED) is 0.599. The third-order valence-corrected chi connectivity index (χ3v) is 4.01. The van der Waals surface area contributed by atoms with Crippen LogP contribution in [0.1, 0.15) is 0 Å². The van der Waals surface area contributed by atoms with Crippen molar-refractivity contribution in [1.82, 2.24) is 29.5 Å². The number of aromatic hydroxyl groups is 1. The first kappa shape index (κ1) is 15.9. The monoisotopic (exact) mass is 352 g/mol. The van der Waals surface area contributed by atoms with Gasteiger partial charge in [-0.3, -0.25) is 4.57 Å². The highest BCUT2D eigenvalue weighted by molar-refractivity contribution is 5.87.